The van der Waals surface area contributed by atoms with Gasteiger partial charge in [0.2, 0.25) is 0 Å². The van der Waals surface area contributed by atoms with Crippen LogP contribution in [0.1, 0.15) is 0 Å². The number of benzene rings is 7. The van der Waals surface area contributed by atoms with Crippen molar-refractivity contribution in [3.8, 4) is 28.2 Å². The Balaban J connectivity index is 1.19. The fourth-order valence-corrected chi connectivity index (χ4v) is 8.26. The van der Waals surface area contributed by atoms with Gasteiger partial charge in [-0.15, -0.1) is 11.3 Å². The third kappa shape index (κ3) is 3.71. The first-order valence-corrected chi connectivity index (χ1v) is 16.3. The highest BCUT2D eigenvalue weighted by atomic mass is 32.1. The van der Waals surface area contributed by atoms with Crippen molar-refractivity contribution in [3.05, 3.63) is 152 Å². The molecule has 0 amide bonds. The third-order valence-electron chi connectivity index (χ3n) is 9.19. The fourth-order valence-electron chi connectivity index (χ4n) is 7.14. The summed E-state index contributed by atoms with van der Waals surface area (Å²) in [5.41, 5.74) is 9.18. The van der Waals surface area contributed by atoms with Gasteiger partial charge in [-0.05, 0) is 59.3 Å². The van der Waals surface area contributed by atoms with Gasteiger partial charge in [0.25, 0.3) is 0 Å². The van der Waals surface area contributed by atoms with Crippen LogP contribution in [-0.2, 0) is 0 Å². The number of thiophene rings is 1. The summed E-state index contributed by atoms with van der Waals surface area (Å²) in [6, 6.07) is 54.0. The van der Waals surface area contributed by atoms with E-state index < -0.39 is 0 Å². The van der Waals surface area contributed by atoms with E-state index >= 15 is 0 Å². The second kappa shape index (κ2) is 9.83. The first kappa shape index (κ1) is 25.5. The Hall–Kier alpha value is -5.84. The molecular formula is C42H25N3S. The number of fused-ring (bicyclic) bond motifs is 10. The van der Waals surface area contributed by atoms with Crippen LogP contribution in [0.25, 0.3) is 92.0 Å². The topological polar surface area (TPSA) is 30.7 Å². The first-order chi connectivity index (χ1) is 22.8. The average Bonchev–Trinajstić information content (AvgIpc) is 3.68. The predicted molar refractivity (Wildman–Crippen MR) is 195 cm³/mol. The zero-order chi connectivity index (χ0) is 30.2. The van der Waals surface area contributed by atoms with Crippen LogP contribution in [-0.4, -0.2) is 14.5 Å². The molecule has 0 fully saturated rings. The van der Waals surface area contributed by atoms with Gasteiger partial charge in [0, 0.05) is 47.8 Å². The van der Waals surface area contributed by atoms with Gasteiger partial charge in [0.05, 0.1) is 33.5 Å². The molecule has 0 aliphatic heterocycles. The predicted octanol–water partition coefficient (Wildman–Crippen LogP) is 11.6. The third-order valence-corrected chi connectivity index (χ3v) is 10.3. The first-order valence-electron chi connectivity index (χ1n) is 15.5. The molecule has 4 heteroatoms. The van der Waals surface area contributed by atoms with Crippen LogP contribution in [0.5, 0.6) is 0 Å². The standard InChI is InChI=1S/C42H25N3S/c1-2-10-26(11-3-1)41-42(44-34-15-7-6-14-33(34)43-41)27-18-20-28(21-19-27)45-35-16-8-4-12-31(35)39-29-23-25-38-40(30(29)22-24-36(39)45)32-13-5-9-17-37(32)46-38/h1-25H. The fraction of sp³-hybridized carbons (Fsp3) is 0. The van der Waals surface area contributed by atoms with Gasteiger partial charge in [-0.3, -0.25) is 0 Å². The van der Waals surface area contributed by atoms with Crippen LogP contribution in [0.3, 0.4) is 0 Å². The molecule has 0 aliphatic rings. The maximum atomic E-state index is 5.12. The molecular weight excluding hydrogens is 579 g/mol. The van der Waals surface area contributed by atoms with E-state index in [1.54, 1.807) is 0 Å². The van der Waals surface area contributed by atoms with Gasteiger partial charge in [-0.2, -0.15) is 0 Å². The summed E-state index contributed by atoms with van der Waals surface area (Å²) in [5, 5.41) is 7.84. The molecule has 3 heterocycles. The van der Waals surface area contributed by atoms with Crippen molar-refractivity contribution in [2.45, 2.75) is 0 Å². The Labute approximate surface area is 268 Å². The normalized spacial score (nSPS) is 11.9. The summed E-state index contributed by atoms with van der Waals surface area (Å²) in [5.74, 6) is 0. The smallest absolute Gasteiger partial charge is 0.0973 e. The minimum atomic E-state index is 0.886. The summed E-state index contributed by atoms with van der Waals surface area (Å²) in [6.07, 6.45) is 0. The molecule has 0 spiro atoms. The Bertz CT molecular complexity index is 2790. The molecule has 0 saturated heterocycles. The summed E-state index contributed by atoms with van der Waals surface area (Å²) in [4.78, 5) is 10.2. The van der Waals surface area contributed by atoms with Gasteiger partial charge in [0.1, 0.15) is 0 Å². The minimum absolute atomic E-state index is 0.886. The average molecular weight is 604 g/mol. The highest BCUT2D eigenvalue weighted by Crippen LogP contribution is 2.43. The van der Waals surface area contributed by atoms with Gasteiger partial charge in [0.15, 0.2) is 0 Å². The van der Waals surface area contributed by atoms with Crippen molar-refractivity contribution < 1.29 is 0 Å². The summed E-state index contributed by atoms with van der Waals surface area (Å²) >= 11 is 1.87. The highest BCUT2D eigenvalue weighted by molar-refractivity contribution is 7.26. The van der Waals surface area contributed by atoms with E-state index in [0.29, 0.717) is 0 Å². The van der Waals surface area contributed by atoms with Crippen molar-refractivity contribution >= 4 is 75.1 Å². The SMILES string of the molecule is c1ccc(-c2nc3ccccc3nc2-c2ccc(-n3c4ccccc4c4c5ccc6sc7ccccc7c6c5ccc43)cc2)cc1. The summed E-state index contributed by atoms with van der Waals surface area (Å²) in [7, 11) is 0. The van der Waals surface area contributed by atoms with Crippen molar-refractivity contribution in [1.29, 1.82) is 0 Å². The largest absolute Gasteiger partial charge is 0.309 e. The molecule has 0 radical (unpaired) electrons. The molecule has 0 N–H and O–H groups in total. The van der Waals surface area contributed by atoms with Crippen LogP contribution in [0, 0.1) is 0 Å². The lowest BCUT2D eigenvalue weighted by molar-refractivity contribution is 1.18. The van der Waals surface area contributed by atoms with Gasteiger partial charge in [-0.1, -0.05) is 103 Å². The lowest BCUT2D eigenvalue weighted by Gasteiger charge is -2.12. The molecule has 0 atom stereocenters. The minimum Gasteiger partial charge on any atom is -0.309 e. The zero-order valence-corrected chi connectivity index (χ0v) is 25.5. The molecule has 214 valence electrons. The summed E-state index contributed by atoms with van der Waals surface area (Å²) < 4.78 is 5.06. The molecule has 3 aromatic heterocycles. The lowest BCUT2D eigenvalue weighted by Crippen LogP contribution is -1.97. The van der Waals surface area contributed by atoms with E-state index in [0.717, 1.165) is 39.2 Å². The maximum Gasteiger partial charge on any atom is 0.0973 e. The van der Waals surface area contributed by atoms with E-state index in [2.05, 4.69) is 126 Å². The van der Waals surface area contributed by atoms with Crippen LogP contribution in [0.4, 0.5) is 0 Å². The summed E-state index contributed by atoms with van der Waals surface area (Å²) in [6.45, 7) is 0. The monoisotopic (exact) mass is 603 g/mol. The van der Waals surface area contributed by atoms with Crippen molar-refractivity contribution in [3.63, 3.8) is 0 Å². The van der Waals surface area contributed by atoms with E-state index in [1.807, 2.05) is 41.7 Å². The lowest BCUT2D eigenvalue weighted by atomic mass is 9.99. The van der Waals surface area contributed by atoms with Crippen molar-refractivity contribution in [2.75, 3.05) is 0 Å². The van der Waals surface area contributed by atoms with Crippen LogP contribution in [0.15, 0.2) is 152 Å². The molecule has 46 heavy (non-hydrogen) atoms. The van der Waals surface area contributed by atoms with Crippen LogP contribution < -0.4 is 0 Å². The Morgan fingerprint density at radius 1 is 0.391 bits per heavy atom. The van der Waals surface area contributed by atoms with Crippen molar-refractivity contribution in [1.82, 2.24) is 14.5 Å². The molecule has 7 aromatic carbocycles. The van der Waals surface area contributed by atoms with Crippen LogP contribution >= 0.6 is 11.3 Å². The molecule has 10 aromatic rings. The molecule has 3 nitrogen and oxygen atoms in total. The number of para-hydroxylation sites is 3. The quantitative estimate of drug-likeness (QED) is 0.201. The number of rotatable bonds is 3. The van der Waals surface area contributed by atoms with Gasteiger partial charge >= 0.3 is 0 Å². The van der Waals surface area contributed by atoms with E-state index in [-0.39, 0.29) is 0 Å². The highest BCUT2D eigenvalue weighted by Gasteiger charge is 2.18. The second-order valence-corrected chi connectivity index (χ2v) is 12.9. The Morgan fingerprint density at radius 2 is 1.00 bits per heavy atom. The van der Waals surface area contributed by atoms with E-state index in [1.165, 1.54) is 52.8 Å². The number of nitrogens with zero attached hydrogens (tertiary/aromatic N) is 3. The molecule has 10 rings (SSSR count). The van der Waals surface area contributed by atoms with Crippen LogP contribution in [0.2, 0.25) is 0 Å². The zero-order valence-electron chi connectivity index (χ0n) is 24.7. The number of hydrogen-bond donors (Lipinski definition) is 0. The molecule has 0 aliphatic carbocycles. The second-order valence-electron chi connectivity index (χ2n) is 11.8. The number of hydrogen-bond acceptors (Lipinski definition) is 3. The van der Waals surface area contributed by atoms with E-state index in [9.17, 15) is 0 Å². The molecule has 0 unspecified atom stereocenters. The Morgan fingerprint density at radius 3 is 1.78 bits per heavy atom. The number of aromatic nitrogens is 3. The van der Waals surface area contributed by atoms with E-state index in [4.69, 9.17) is 9.97 Å². The van der Waals surface area contributed by atoms with Gasteiger partial charge in [-0.25, -0.2) is 9.97 Å². The van der Waals surface area contributed by atoms with Gasteiger partial charge < -0.3 is 4.57 Å². The Kier molecular flexibility index (Phi) is 5.45. The molecule has 0 saturated carbocycles. The maximum absolute atomic E-state index is 5.12. The molecule has 0 bridgehead atoms. The van der Waals surface area contributed by atoms with Crippen molar-refractivity contribution in [2.24, 2.45) is 0 Å².